The van der Waals surface area contributed by atoms with Crippen LogP contribution in [0.2, 0.25) is 0 Å². The molecule has 0 atom stereocenters. The maximum Gasteiger partial charge on any atom is 0.111 e. The van der Waals surface area contributed by atoms with Gasteiger partial charge in [-0.25, -0.2) is 0 Å². The molecule has 2 rings (SSSR count). The number of rotatable bonds is 0. The van der Waals surface area contributed by atoms with Gasteiger partial charge in [-0.1, -0.05) is 0 Å². The summed E-state index contributed by atoms with van der Waals surface area (Å²) >= 11 is 0. The van der Waals surface area contributed by atoms with Gasteiger partial charge in [0.25, 0.3) is 0 Å². The molecule has 2 saturated carbocycles. The van der Waals surface area contributed by atoms with Crippen molar-refractivity contribution in [3.05, 3.63) is 0 Å². The summed E-state index contributed by atoms with van der Waals surface area (Å²) < 4.78 is 0. The standard InChI is InChI=1S/2C4H8O4.4CH4O.4H2O.2Sm/c2*5-1-2(6)4(8)3(1)7;4*1-2;;;;;;/h2*1-8H;4*2H,1H3;4*1H2;;/p+4. The molecule has 0 amide bonds. The second kappa shape index (κ2) is 41.3. The van der Waals surface area contributed by atoms with Crippen molar-refractivity contribution in [2.45, 2.75) is 48.8 Å². The summed E-state index contributed by atoms with van der Waals surface area (Å²) in [6.07, 6.45) is -9.30. The third-order valence-corrected chi connectivity index (χ3v) is 2.80. The smallest absolute Gasteiger partial charge is 0.111 e. The zero-order valence-corrected chi connectivity index (χ0v) is 22.4. The van der Waals surface area contributed by atoms with E-state index in [2.05, 4.69) is 0 Å². The quantitative estimate of drug-likeness (QED) is 0.103. The molecule has 0 unspecified atom stereocenters. The molecule has 2 aliphatic rings. The van der Waals surface area contributed by atoms with Gasteiger partial charge < -0.3 is 83.2 Å². The van der Waals surface area contributed by atoms with Gasteiger partial charge in [0.05, 0.1) is 0 Å². The zero-order chi connectivity index (χ0) is 20.6. The largest absolute Gasteiger partial charge is 0.457 e. The monoisotopic (exact) mass is 748 g/mol. The molecule has 30 heavy (non-hydrogen) atoms. The minimum atomic E-state index is -1.16. The Bertz CT molecular complexity index is 170. The first kappa shape index (κ1) is 63.5. The van der Waals surface area contributed by atoms with Crippen molar-refractivity contribution in [2.75, 3.05) is 28.4 Å². The Hall–Kier alpha value is 2.04. The predicted molar refractivity (Wildman–Crippen MR) is 100 cm³/mol. The van der Waals surface area contributed by atoms with Gasteiger partial charge in [0.2, 0.25) is 0 Å². The average molecular weight is 745 g/mol. The first-order valence-corrected chi connectivity index (χ1v) is 6.52. The molecule has 196 valence electrons. The van der Waals surface area contributed by atoms with E-state index < -0.39 is 48.8 Å². The second-order valence-corrected chi connectivity index (χ2v) is 3.92. The molecule has 2 aliphatic carbocycles. The predicted octanol–water partition coefficient (Wildman–Crippen LogP) is -10.4. The van der Waals surface area contributed by atoms with Gasteiger partial charge in [-0.2, -0.15) is 0 Å². The SMILES string of the molecule is CO.CO.CO.CO.OC1C(O)C(O)C1O.OC1C(O)C(O)C1O.[OH3+].[OH3+].[OH3+].[OH3+].[Sm].[Sm]. The van der Waals surface area contributed by atoms with Crippen molar-refractivity contribution < 1.29 is 164 Å². The fourth-order valence-electron chi connectivity index (χ4n) is 1.33. The van der Waals surface area contributed by atoms with E-state index in [1.807, 2.05) is 0 Å². The van der Waals surface area contributed by atoms with E-state index in [0.717, 1.165) is 28.4 Å². The molecule has 0 heterocycles. The average Bonchev–Trinajstić information content (AvgIpc) is 2.71. The summed E-state index contributed by atoms with van der Waals surface area (Å²) in [5.41, 5.74) is 0. The minimum Gasteiger partial charge on any atom is -0.457 e. The van der Waals surface area contributed by atoms with Crippen LogP contribution in [0.3, 0.4) is 0 Å². The molecule has 0 radical (unpaired) electrons. The van der Waals surface area contributed by atoms with Crippen molar-refractivity contribution in [3.8, 4) is 0 Å². The molecule has 18 heteroatoms. The van der Waals surface area contributed by atoms with Gasteiger partial charge in [-0.15, -0.1) is 0 Å². The van der Waals surface area contributed by atoms with Crippen LogP contribution in [-0.4, -0.2) is 139 Å². The first-order chi connectivity index (χ1) is 11.3. The molecule has 0 bridgehead atoms. The minimum absolute atomic E-state index is 0. The van der Waals surface area contributed by atoms with E-state index in [0.29, 0.717) is 0 Å². The molecule has 0 aromatic carbocycles. The van der Waals surface area contributed by atoms with E-state index in [4.69, 9.17) is 61.3 Å². The molecule has 0 saturated heterocycles. The Morgan fingerprint density at radius 2 is 0.300 bits per heavy atom. The van der Waals surface area contributed by atoms with Crippen molar-refractivity contribution in [3.63, 3.8) is 0 Å². The number of aliphatic hydroxyl groups excluding tert-OH is 12. The summed E-state index contributed by atoms with van der Waals surface area (Å²) in [6.45, 7) is 0. The van der Waals surface area contributed by atoms with Crippen molar-refractivity contribution >= 4 is 0 Å². The van der Waals surface area contributed by atoms with E-state index >= 15 is 0 Å². The van der Waals surface area contributed by atoms with E-state index in [1.54, 1.807) is 0 Å². The van der Waals surface area contributed by atoms with Crippen molar-refractivity contribution in [2.24, 2.45) is 0 Å². The molecule has 16 nitrogen and oxygen atoms in total. The van der Waals surface area contributed by atoms with Gasteiger partial charge in [-0.05, 0) is 0 Å². The van der Waals surface area contributed by atoms with E-state index in [1.165, 1.54) is 0 Å². The molecule has 0 aliphatic heterocycles. The van der Waals surface area contributed by atoms with Crippen LogP contribution in [0.5, 0.6) is 0 Å². The Labute approximate surface area is 238 Å². The summed E-state index contributed by atoms with van der Waals surface area (Å²) in [5.74, 6) is 0. The van der Waals surface area contributed by atoms with Crippen LogP contribution in [0.25, 0.3) is 0 Å². The molecule has 0 spiro atoms. The van der Waals surface area contributed by atoms with Gasteiger partial charge in [-0.3, -0.25) is 0 Å². The van der Waals surface area contributed by atoms with E-state index in [9.17, 15) is 0 Å². The normalized spacial score (nSPS) is 30.4. The summed E-state index contributed by atoms with van der Waals surface area (Å²) in [5, 5.41) is 96.0. The van der Waals surface area contributed by atoms with Crippen LogP contribution in [0.4, 0.5) is 0 Å². The maximum absolute atomic E-state index is 8.50. The molecule has 2 fully saturated rings. The van der Waals surface area contributed by atoms with Gasteiger partial charge in [0.1, 0.15) is 48.8 Å². The summed E-state index contributed by atoms with van der Waals surface area (Å²) in [6, 6.07) is 0. The zero-order valence-electron chi connectivity index (χ0n) is 17.1. The fourth-order valence-corrected chi connectivity index (χ4v) is 1.33. The molecule has 0 aromatic heterocycles. The number of hydrogen-bond donors (Lipinski definition) is 12. The van der Waals surface area contributed by atoms with Crippen LogP contribution in [0.1, 0.15) is 0 Å². The van der Waals surface area contributed by atoms with Crippen molar-refractivity contribution in [1.82, 2.24) is 0 Å². The molecular weight excluding hydrogens is 701 g/mol. The topological polar surface area (TPSA) is 375 Å². The third-order valence-electron chi connectivity index (χ3n) is 2.80. The molecule has 0 aromatic rings. The van der Waals surface area contributed by atoms with Crippen LogP contribution < -0.4 is 0 Å². The van der Waals surface area contributed by atoms with Crippen LogP contribution >= 0.6 is 0 Å². The maximum atomic E-state index is 8.50. The summed E-state index contributed by atoms with van der Waals surface area (Å²) in [7, 11) is 4.00. The molecule has 24 N–H and O–H groups in total. The summed E-state index contributed by atoms with van der Waals surface area (Å²) in [4.78, 5) is 0. The van der Waals surface area contributed by atoms with Crippen LogP contribution in [0.15, 0.2) is 0 Å². The Morgan fingerprint density at radius 3 is 0.333 bits per heavy atom. The third kappa shape index (κ3) is 21.9. The number of hydrogen-bond acceptors (Lipinski definition) is 12. The number of aliphatic hydroxyl groups is 12. The Kier molecular flexibility index (Phi) is 87.5. The van der Waals surface area contributed by atoms with Crippen LogP contribution in [-0.2, 0) is 21.9 Å². The second-order valence-electron chi connectivity index (χ2n) is 3.92. The molecular formula is C12H44O16Sm2+4. The van der Waals surface area contributed by atoms with Crippen molar-refractivity contribution in [1.29, 1.82) is 0 Å². The Balaban J connectivity index is -0.0000000218. The fraction of sp³-hybridized carbons (Fsp3) is 1.00. The first-order valence-electron chi connectivity index (χ1n) is 6.52. The Morgan fingerprint density at radius 1 is 0.267 bits per heavy atom. The van der Waals surface area contributed by atoms with Gasteiger partial charge in [0, 0.05) is 109 Å². The van der Waals surface area contributed by atoms with E-state index in [-0.39, 0.29) is 103 Å². The van der Waals surface area contributed by atoms with Gasteiger partial charge >= 0.3 is 0 Å². The van der Waals surface area contributed by atoms with Crippen LogP contribution in [0, 0.1) is 80.8 Å². The van der Waals surface area contributed by atoms with Gasteiger partial charge in [0.15, 0.2) is 0 Å².